The lowest BCUT2D eigenvalue weighted by molar-refractivity contribution is 0.457. The second-order valence-electron chi connectivity index (χ2n) is 5.24. The first-order valence-corrected chi connectivity index (χ1v) is 6.94. The predicted molar refractivity (Wildman–Crippen MR) is 72.7 cm³/mol. The number of hydrogen-bond donors (Lipinski definition) is 1. The lowest BCUT2D eigenvalue weighted by Crippen LogP contribution is -2.30. The average Bonchev–Trinajstić information content (AvgIpc) is 2.79. The molecule has 0 fully saturated rings. The van der Waals surface area contributed by atoms with Crippen molar-refractivity contribution in [3.63, 3.8) is 0 Å². The first kappa shape index (κ1) is 13.9. The quantitative estimate of drug-likeness (QED) is 0.929. The van der Waals surface area contributed by atoms with Crippen molar-refractivity contribution in [1.29, 1.82) is 0 Å². The smallest absolute Gasteiger partial charge is 0.322 e. The summed E-state index contributed by atoms with van der Waals surface area (Å²) in [4.78, 5) is 12.2. The molecule has 1 atom stereocenters. The van der Waals surface area contributed by atoms with Crippen LogP contribution in [0.3, 0.4) is 0 Å². The average molecular weight is 294 g/mol. The van der Waals surface area contributed by atoms with Gasteiger partial charge in [0, 0.05) is 18.5 Å². The highest BCUT2D eigenvalue weighted by Gasteiger charge is 2.20. The van der Waals surface area contributed by atoms with Gasteiger partial charge in [-0.15, -0.1) is 0 Å². The van der Waals surface area contributed by atoms with Gasteiger partial charge in [0.2, 0.25) is 0 Å². The van der Waals surface area contributed by atoms with Gasteiger partial charge in [-0.1, -0.05) is 12.1 Å². The third kappa shape index (κ3) is 2.49. The summed E-state index contributed by atoms with van der Waals surface area (Å²) in [6.45, 7) is 0.678. The topological polar surface area (TPSA) is 65.8 Å². The van der Waals surface area contributed by atoms with E-state index in [1.54, 1.807) is 4.57 Å². The molecule has 0 bridgehead atoms. The molecule has 112 valence electrons. The van der Waals surface area contributed by atoms with Gasteiger partial charge in [-0.05, 0) is 18.9 Å². The molecule has 1 unspecified atom stereocenters. The summed E-state index contributed by atoms with van der Waals surface area (Å²) in [6.07, 6.45) is 2.70. The molecule has 2 heterocycles. The van der Waals surface area contributed by atoms with Crippen LogP contribution in [0.25, 0.3) is 0 Å². The van der Waals surface area contributed by atoms with Gasteiger partial charge in [0.05, 0.1) is 12.6 Å². The maximum Gasteiger partial charge on any atom is 0.345 e. The van der Waals surface area contributed by atoms with E-state index in [-0.39, 0.29) is 17.8 Å². The van der Waals surface area contributed by atoms with Crippen LogP contribution in [0.15, 0.2) is 23.0 Å². The fourth-order valence-electron chi connectivity index (χ4n) is 2.66. The summed E-state index contributed by atoms with van der Waals surface area (Å²) in [6, 6.07) is 3.03. The minimum atomic E-state index is -0.970. The lowest BCUT2D eigenvalue weighted by Gasteiger charge is -2.12. The number of benzene rings is 1. The van der Waals surface area contributed by atoms with Crippen molar-refractivity contribution in [1.82, 2.24) is 14.3 Å². The summed E-state index contributed by atoms with van der Waals surface area (Å²) >= 11 is 0. The maximum absolute atomic E-state index is 13.7. The highest BCUT2D eigenvalue weighted by atomic mass is 19.2. The molecule has 0 spiro atoms. The number of rotatable bonds is 3. The fourth-order valence-corrected chi connectivity index (χ4v) is 2.66. The third-order valence-corrected chi connectivity index (χ3v) is 3.78. The second kappa shape index (κ2) is 5.40. The molecule has 0 aliphatic carbocycles. The number of nitrogens with two attached hydrogens (primary N) is 1. The van der Waals surface area contributed by atoms with Gasteiger partial charge < -0.3 is 5.73 Å². The monoisotopic (exact) mass is 294 g/mol. The molecule has 21 heavy (non-hydrogen) atoms. The van der Waals surface area contributed by atoms with Gasteiger partial charge in [0.1, 0.15) is 5.82 Å². The van der Waals surface area contributed by atoms with Crippen LogP contribution in [0.5, 0.6) is 0 Å². The zero-order valence-electron chi connectivity index (χ0n) is 11.4. The van der Waals surface area contributed by atoms with Crippen molar-refractivity contribution in [2.45, 2.75) is 38.4 Å². The molecule has 1 aromatic carbocycles. The van der Waals surface area contributed by atoms with Crippen LogP contribution in [0.2, 0.25) is 0 Å². The van der Waals surface area contributed by atoms with E-state index in [2.05, 4.69) is 5.10 Å². The Labute approximate surface area is 120 Å². The van der Waals surface area contributed by atoms with Crippen molar-refractivity contribution in [3.8, 4) is 0 Å². The van der Waals surface area contributed by atoms with E-state index in [1.807, 2.05) is 0 Å². The molecule has 1 aliphatic heterocycles. The highest BCUT2D eigenvalue weighted by Crippen LogP contribution is 2.19. The number of aryl methyl sites for hydroxylation is 1. The van der Waals surface area contributed by atoms with E-state index in [1.165, 1.54) is 16.8 Å². The normalized spacial score (nSPS) is 15.8. The Morgan fingerprint density at radius 3 is 2.90 bits per heavy atom. The van der Waals surface area contributed by atoms with E-state index >= 15 is 0 Å². The van der Waals surface area contributed by atoms with E-state index in [0.29, 0.717) is 6.54 Å². The molecule has 2 N–H and O–H groups in total. The van der Waals surface area contributed by atoms with Gasteiger partial charge in [-0.2, -0.15) is 5.10 Å². The molecule has 2 aromatic rings. The number of nitrogens with zero attached hydrogens (tertiary/aromatic N) is 3. The summed E-state index contributed by atoms with van der Waals surface area (Å²) in [5, 5.41) is 4.24. The molecule has 0 amide bonds. The SMILES string of the molecule is NC(Cn1nc2n(c1=O)CCCC2)c1cccc(F)c1F. The van der Waals surface area contributed by atoms with Crippen molar-refractivity contribution in [2.75, 3.05) is 0 Å². The van der Waals surface area contributed by atoms with Gasteiger partial charge >= 0.3 is 5.69 Å². The van der Waals surface area contributed by atoms with Crippen LogP contribution in [0, 0.1) is 11.6 Å². The minimum absolute atomic E-state index is 0.0270. The molecule has 3 rings (SSSR count). The van der Waals surface area contributed by atoms with E-state index in [0.717, 1.165) is 31.2 Å². The second-order valence-corrected chi connectivity index (χ2v) is 5.24. The van der Waals surface area contributed by atoms with E-state index in [9.17, 15) is 13.6 Å². The molecule has 0 radical (unpaired) electrons. The summed E-state index contributed by atoms with van der Waals surface area (Å²) in [5.74, 6) is -1.18. The Bertz CT molecular complexity index is 722. The van der Waals surface area contributed by atoms with E-state index < -0.39 is 17.7 Å². The van der Waals surface area contributed by atoms with Gasteiger partial charge in [0.25, 0.3) is 0 Å². The number of halogens is 2. The Morgan fingerprint density at radius 1 is 1.33 bits per heavy atom. The first-order valence-electron chi connectivity index (χ1n) is 6.94. The van der Waals surface area contributed by atoms with Crippen molar-refractivity contribution >= 4 is 0 Å². The van der Waals surface area contributed by atoms with Crippen molar-refractivity contribution in [2.24, 2.45) is 5.73 Å². The van der Waals surface area contributed by atoms with Crippen LogP contribution < -0.4 is 11.4 Å². The summed E-state index contributed by atoms with van der Waals surface area (Å²) in [7, 11) is 0. The molecule has 0 saturated carbocycles. The largest absolute Gasteiger partial charge is 0.345 e. The Hall–Kier alpha value is -2.02. The minimum Gasteiger partial charge on any atom is -0.322 e. The maximum atomic E-state index is 13.7. The van der Waals surface area contributed by atoms with Crippen LogP contribution in [0.1, 0.15) is 30.3 Å². The Morgan fingerprint density at radius 2 is 2.14 bits per heavy atom. The van der Waals surface area contributed by atoms with Crippen molar-refractivity contribution < 1.29 is 8.78 Å². The van der Waals surface area contributed by atoms with Gasteiger partial charge in [-0.3, -0.25) is 4.57 Å². The number of aromatic nitrogens is 3. The highest BCUT2D eigenvalue weighted by molar-refractivity contribution is 5.22. The zero-order chi connectivity index (χ0) is 15.0. The molecule has 5 nitrogen and oxygen atoms in total. The van der Waals surface area contributed by atoms with Gasteiger partial charge in [0.15, 0.2) is 11.6 Å². The number of hydrogen-bond acceptors (Lipinski definition) is 3. The zero-order valence-corrected chi connectivity index (χ0v) is 11.4. The van der Waals surface area contributed by atoms with Crippen molar-refractivity contribution in [3.05, 3.63) is 51.7 Å². The van der Waals surface area contributed by atoms with Crippen LogP contribution >= 0.6 is 0 Å². The molecular weight excluding hydrogens is 278 g/mol. The molecule has 1 aromatic heterocycles. The lowest BCUT2D eigenvalue weighted by atomic mass is 10.1. The molecular formula is C14H16F2N4O. The first-order chi connectivity index (χ1) is 10.1. The van der Waals surface area contributed by atoms with Gasteiger partial charge in [-0.25, -0.2) is 18.3 Å². The Balaban J connectivity index is 1.88. The molecule has 7 heteroatoms. The van der Waals surface area contributed by atoms with E-state index in [4.69, 9.17) is 5.73 Å². The predicted octanol–water partition coefficient (Wildman–Crippen LogP) is 1.36. The third-order valence-electron chi connectivity index (χ3n) is 3.78. The van der Waals surface area contributed by atoms with Crippen LogP contribution in [-0.4, -0.2) is 14.3 Å². The molecule has 1 aliphatic rings. The number of fused-ring (bicyclic) bond motifs is 1. The standard InChI is InChI=1S/C14H16F2N4O/c15-10-5-3-4-9(13(10)16)11(17)8-20-14(21)19-7-2-1-6-12(19)18-20/h3-5,11H,1-2,6-8,17H2. The van der Waals surface area contributed by atoms with Crippen LogP contribution in [-0.2, 0) is 19.5 Å². The summed E-state index contributed by atoms with van der Waals surface area (Å²) in [5.41, 5.74) is 5.72. The Kier molecular flexibility index (Phi) is 3.59. The molecule has 0 saturated heterocycles. The summed E-state index contributed by atoms with van der Waals surface area (Å²) < 4.78 is 29.8. The van der Waals surface area contributed by atoms with Crippen LogP contribution in [0.4, 0.5) is 8.78 Å². The fraction of sp³-hybridized carbons (Fsp3) is 0.429.